The van der Waals surface area contributed by atoms with Gasteiger partial charge in [-0.2, -0.15) is 0 Å². The molecule has 0 bridgehead atoms. The fourth-order valence-electron chi connectivity index (χ4n) is 1.39. The first-order valence-corrected chi connectivity index (χ1v) is 6.24. The molecule has 1 N–H and O–H groups in total. The van der Waals surface area contributed by atoms with Gasteiger partial charge in [-0.1, -0.05) is 13.3 Å². The minimum Gasteiger partial charge on any atom is -0.378 e. The van der Waals surface area contributed by atoms with E-state index in [1.807, 2.05) is 7.05 Å². The van der Waals surface area contributed by atoms with Gasteiger partial charge < -0.3 is 10.1 Å². The Morgan fingerprint density at radius 1 is 1.38 bits per heavy atom. The highest BCUT2D eigenvalue weighted by Gasteiger charge is 2.10. The van der Waals surface area contributed by atoms with Crippen LogP contribution in [-0.2, 0) is 17.8 Å². The van der Waals surface area contributed by atoms with Gasteiger partial charge in [0, 0.05) is 20.6 Å². The zero-order valence-corrected chi connectivity index (χ0v) is 11.6. The molecule has 0 aliphatic heterocycles. The normalized spacial score (nSPS) is 10.5. The summed E-state index contributed by atoms with van der Waals surface area (Å²) in [5.74, 6) is 1.70. The molecule has 1 rings (SSSR count). The Balaban J connectivity index is 2.97. The van der Waals surface area contributed by atoms with E-state index in [9.17, 15) is 0 Å². The first kappa shape index (κ1) is 13.4. The number of methoxy groups -OCH3 is 1. The van der Waals surface area contributed by atoms with E-state index in [0.717, 1.165) is 41.1 Å². The molecule has 0 aliphatic carbocycles. The number of unbranched alkanes of at least 4 members (excludes halogenated alkanes) is 1. The van der Waals surface area contributed by atoms with Crippen LogP contribution in [0.15, 0.2) is 4.47 Å². The summed E-state index contributed by atoms with van der Waals surface area (Å²) >= 11 is 3.48. The molecular weight excluding hydrogens is 270 g/mol. The Kier molecular flexibility index (Phi) is 5.69. The van der Waals surface area contributed by atoms with E-state index >= 15 is 0 Å². The average Bonchev–Trinajstić information content (AvgIpc) is 2.30. The Morgan fingerprint density at radius 3 is 2.69 bits per heavy atom. The summed E-state index contributed by atoms with van der Waals surface area (Å²) in [5.41, 5.74) is 0.896. The Bertz CT molecular complexity index is 344. The van der Waals surface area contributed by atoms with Crippen molar-refractivity contribution in [1.82, 2.24) is 9.97 Å². The molecule has 0 spiro atoms. The molecule has 90 valence electrons. The van der Waals surface area contributed by atoms with Crippen molar-refractivity contribution in [3.05, 3.63) is 16.0 Å². The first-order valence-electron chi connectivity index (χ1n) is 5.44. The van der Waals surface area contributed by atoms with E-state index in [1.54, 1.807) is 7.11 Å². The van der Waals surface area contributed by atoms with Crippen molar-refractivity contribution in [2.75, 3.05) is 19.5 Å². The molecular formula is C11H18BrN3O. The van der Waals surface area contributed by atoms with Crippen molar-refractivity contribution in [3.8, 4) is 0 Å². The summed E-state index contributed by atoms with van der Waals surface area (Å²) in [6.07, 6.45) is 3.17. The summed E-state index contributed by atoms with van der Waals surface area (Å²) in [4.78, 5) is 8.93. The van der Waals surface area contributed by atoms with Gasteiger partial charge in [0.2, 0.25) is 0 Å². The summed E-state index contributed by atoms with van der Waals surface area (Å²) in [5, 5.41) is 3.06. The van der Waals surface area contributed by atoms with Crippen molar-refractivity contribution in [2.24, 2.45) is 0 Å². The number of aryl methyl sites for hydroxylation is 1. The Morgan fingerprint density at radius 2 is 2.12 bits per heavy atom. The predicted octanol–water partition coefficient (Wildman–Crippen LogP) is 2.77. The van der Waals surface area contributed by atoms with Crippen molar-refractivity contribution in [1.29, 1.82) is 0 Å². The zero-order chi connectivity index (χ0) is 12.0. The van der Waals surface area contributed by atoms with Crippen LogP contribution in [0.4, 0.5) is 5.82 Å². The van der Waals surface area contributed by atoms with Crippen LogP contribution in [0, 0.1) is 0 Å². The van der Waals surface area contributed by atoms with Crippen LogP contribution in [0.2, 0.25) is 0 Å². The van der Waals surface area contributed by atoms with E-state index in [-0.39, 0.29) is 0 Å². The molecule has 1 aromatic heterocycles. The highest BCUT2D eigenvalue weighted by atomic mass is 79.9. The van der Waals surface area contributed by atoms with Crippen LogP contribution in [0.5, 0.6) is 0 Å². The lowest BCUT2D eigenvalue weighted by atomic mass is 10.2. The smallest absolute Gasteiger partial charge is 0.144 e. The summed E-state index contributed by atoms with van der Waals surface area (Å²) in [6.45, 7) is 2.66. The zero-order valence-electron chi connectivity index (χ0n) is 10.0. The molecule has 0 aromatic carbocycles. The van der Waals surface area contributed by atoms with Gasteiger partial charge in [-0.3, -0.25) is 0 Å². The van der Waals surface area contributed by atoms with Crippen LogP contribution in [0.25, 0.3) is 0 Å². The molecule has 0 aliphatic rings. The highest BCUT2D eigenvalue weighted by molar-refractivity contribution is 9.10. The molecule has 4 nitrogen and oxygen atoms in total. The maximum Gasteiger partial charge on any atom is 0.144 e. The molecule has 0 amide bonds. The number of aromatic nitrogens is 2. The quantitative estimate of drug-likeness (QED) is 0.874. The average molecular weight is 288 g/mol. The van der Waals surface area contributed by atoms with Crippen molar-refractivity contribution in [3.63, 3.8) is 0 Å². The van der Waals surface area contributed by atoms with Crippen molar-refractivity contribution < 1.29 is 4.74 Å². The number of halogens is 1. The number of hydrogen-bond acceptors (Lipinski definition) is 4. The van der Waals surface area contributed by atoms with Gasteiger partial charge in [0.1, 0.15) is 11.6 Å². The number of rotatable bonds is 6. The second-order valence-electron chi connectivity index (χ2n) is 3.54. The molecule has 1 heterocycles. The number of ether oxygens (including phenoxy) is 1. The summed E-state index contributed by atoms with van der Waals surface area (Å²) < 4.78 is 6.01. The second kappa shape index (κ2) is 6.81. The SMILES string of the molecule is CCCCc1nc(COC)c(Br)c(NC)n1. The topological polar surface area (TPSA) is 47.0 Å². The molecule has 5 heteroatoms. The fourth-order valence-corrected chi connectivity index (χ4v) is 1.88. The van der Waals surface area contributed by atoms with Gasteiger partial charge in [-0.25, -0.2) is 9.97 Å². The van der Waals surface area contributed by atoms with E-state index in [0.29, 0.717) is 6.61 Å². The van der Waals surface area contributed by atoms with E-state index in [1.165, 1.54) is 0 Å². The Labute approximate surface area is 105 Å². The molecule has 0 unspecified atom stereocenters. The predicted molar refractivity (Wildman–Crippen MR) is 68.6 cm³/mol. The third kappa shape index (κ3) is 3.42. The van der Waals surface area contributed by atoms with Gasteiger partial charge in [-0.15, -0.1) is 0 Å². The van der Waals surface area contributed by atoms with Crippen LogP contribution in [-0.4, -0.2) is 24.1 Å². The highest BCUT2D eigenvalue weighted by Crippen LogP contribution is 2.24. The van der Waals surface area contributed by atoms with E-state index in [4.69, 9.17) is 4.74 Å². The minimum absolute atomic E-state index is 0.497. The molecule has 0 radical (unpaired) electrons. The van der Waals surface area contributed by atoms with Gasteiger partial charge in [0.15, 0.2) is 0 Å². The third-order valence-corrected chi connectivity index (χ3v) is 3.07. The molecule has 0 saturated heterocycles. The Hall–Kier alpha value is -0.680. The molecule has 0 fully saturated rings. The lowest BCUT2D eigenvalue weighted by Gasteiger charge is -2.10. The lowest BCUT2D eigenvalue weighted by molar-refractivity contribution is 0.180. The lowest BCUT2D eigenvalue weighted by Crippen LogP contribution is -2.06. The van der Waals surface area contributed by atoms with Crippen LogP contribution in [0.3, 0.4) is 0 Å². The molecule has 0 saturated carbocycles. The molecule has 1 aromatic rings. The van der Waals surface area contributed by atoms with Gasteiger partial charge in [0.25, 0.3) is 0 Å². The molecule has 16 heavy (non-hydrogen) atoms. The maximum atomic E-state index is 5.12. The van der Waals surface area contributed by atoms with Crippen molar-refractivity contribution >= 4 is 21.7 Å². The van der Waals surface area contributed by atoms with E-state index < -0.39 is 0 Å². The monoisotopic (exact) mass is 287 g/mol. The number of anilines is 1. The summed E-state index contributed by atoms with van der Waals surface area (Å²) in [6, 6.07) is 0. The van der Waals surface area contributed by atoms with Gasteiger partial charge >= 0.3 is 0 Å². The van der Waals surface area contributed by atoms with Crippen LogP contribution >= 0.6 is 15.9 Å². The largest absolute Gasteiger partial charge is 0.378 e. The fraction of sp³-hybridized carbons (Fsp3) is 0.636. The van der Waals surface area contributed by atoms with Gasteiger partial charge in [0.05, 0.1) is 16.8 Å². The van der Waals surface area contributed by atoms with Crippen LogP contribution in [0.1, 0.15) is 31.3 Å². The van der Waals surface area contributed by atoms with Crippen molar-refractivity contribution in [2.45, 2.75) is 32.8 Å². The third-order valence-electron chi connectivity index (χ3n) is 2.24. The number of nitrogens with zero attached hydrogens (tertiary/aromatic N) is 2. The standard InChI is InChI=1S/C11H18BrN3O/c1-4-5-6-9-14-8(7-16-3)10(12)11(13-2)15-9/h4-7H2,1-3H3,(H,13,14,15). The maximum absolute atomic E-state index is 5.12. The van der Waals surface area contributed by atoms with E-state index in [2.05, 4.69) is 38.1 Å². The first-order chi connectivity index (χ1) is 7.72. The second-order valence-corrected chi connectivity index (χ2v) is 4.33. The van der Waals surface area contributed by atoms with Crippen LogP contribution < -0.4 is 5.32 Å². The van der Waals surface area contributed by atoms with Gasteiger partial charge in [-0.05, 0) is 22.4 Å². The minimum atomic E-state index is 0.497. The number of hydrogen-bond donors (Lipinski definition) is 1. The summed E-state index contributed by atoms with van der Waals surface area (Å²) in [7, 11) is 3.52. The molecule has 0 atom stereocenters. The number of nitrogens with one attached hydrogen (secondary N) is 1.